The average molecular weight is 357 g/mol. The number of sulfonamides is 1. The number of hydrogen-bond acceptors (Lipinski definition) is 4. The van der Waals surface area contributed by atoms with E-state index in [1.54, 1.807) is 12.1 Å². The second-order valence-corrected chi connectivity index (χ2v) is 7.86. The Labute approximate surface area is 116 Å². The summed E-state index contributed by atoms with van der Waals surface area (Å²) in [5, 5.41) is 0.383. The molecule has 1 N–H and O–H groups in total. The zero-order chi connectivity index (χ0) is 12.5. The smallest absolute Gasteiger partial charge is 0.250 e. The van der Waals surface area contributed by atoms with E-state index in [-0.39, 0.29) is 10.8 Å². The second kappa shape index (κ2) is 5.11. The predicted octanol–water partition coefficient (Wildman–Crippen LogP) is 3.24. The molecule has 0 amide bonds. The lowest BCUT2D eigenvalue weighted by Crippen LogP contribution is -2.22. The summed E-state index contributed by atoms with van der Waals surface area (Å²) in [6.07, 6.45) is 1.49. The molecule has 2 heterocycles. The van der Waals surface area contributed by atoms with Gasteiger partial charge in [-0.3, -0.25) is 0 Å². The molecular weight excluding hydrogens is 350 g/mol. The van der Waals surface area contributed by atoms with Crippen LogP contribution in [-0.2, 0) is 16.6 Å². The number of halogens is 2. The largest absolute Gasteiger partial charge is 0.468 e. The number of rotatable bonds is 4. The van der Waals surface area contributed by atoms with Gasteiger partial charge in [0, 0.05) is 0 Å². The van der Waals surface area contributed by atoms with Crippen molar-refractivity contribution in [3.05, 3.63) is 39.0 Å². The standard InChI is InChI=1S/C9H7BrClNO3S2/c10-9-7(11)4-8(16-9)17(13,14)12-5-6-2-1-3-15-6/h1-4,12H,5H2. The number of nitrogens with one attached hydrogen (secondary N) is 1. The monoisotopic (exact) mass is 355 g/mol. The van der Waals surface area contributed by atoms with Crippen molar-refractivity contribution in [2.24, 2.45) is 0 Å². The fourth-order valence-electron chi connectivity index (χ4n) is 1.11. The Morgan fingerprint density at radius 2 is 2.29 bits per heavy atom. The van der Waals surface area contributed by atoms with Gasteiger partial charge in [-0.2, -0.15) is 0 Å². The lowest BCUT2D eigenvalue weighted by molar-refractivity contribution is 0.499. The van der Waals surface area contributed by atoms with Crippen molar-refractivity contribution >= 4 is 48.9 Å². The highest BCUT2D eigenvalue weighted by atomic mass is 79.9. The first-order chi connectivity index (χ1) is 7.99. The van der Waals surface area contributed by atoms with Gasteiger partial charge in [0.2, 0.25) is 0 Å². The quantitative estimate of drug-likeness (QED) is 0.915. The summed E-state index contributed by atoms with van der Waals surface area (Å²) >= 11 is 10.0. The molecule has 0 spiro atoms. The van der Waals surface area contributed by atoms with Crippen molar-refractivity contribution in [1.82, 2.24) is 4.72 Å². The van der Waals surface area contributed by atoms with E-state index in [4.69, 9.17) is 16.0 Å². The lowest BCUT2D eigenvalue weighted by atomic mass is 10.5. The Balaban J connectivity index is 2.14. The Hall–Kier alpha value is -0.340. The van der Waals surface area contributed by atoms with Crippen molar-refractivity contribution in [2.75, 3.05) is 0 Å². The molecule has 0 aliphatic rings. The predicted molar refractivity (Wildman–Crippen MR) is 69.8 cm³/mol. The van der Waals surface area contributed by atoms with Gasteiger partial charge in [0.1, 0.15) is 9.97 Å². The van der Waals surface area contributed by atoms with Crippen LogP contribution >= 0.6 is 38.9 Å². The topological polar surface area (TPSA) is 59.3 Å². The highest BCUT2D eigenvalue weighted by Gasteiger charge is 2.18. The number of furan rings is 1. The third-order valence-electron chi connectivity index (χ3n) is 1.90. The van der Waals surface area contributed by atoms with Gasteiger partial charge >= 0.3 is 0 Å². The molecule has 0 atom stereocenters. The van der Waals surface area contributed by atoms with Gasteiger partial charge < -0.3 is 4.42 Å². The van der Waals surface area contributed by atoms with Crippen LogP contribution in [0.4, 0.5) is 0 Å². The van der Waals surface area contributed by atoms with Gasteiger partial charge in [-0.1, -0.05) is 11.6 Å². The molecule has 2 aromatic rings. The molecule has 2 aromatic heterocycles. The molecule has 8 heteroatoms. The van der Waals surface area contributed by atoms with Crippen LogP contribution in [0.2, 0.25) is 5.02 Å². The first-order valence-corrected chi connectivity index (χ1v) is 7.93. The van der Waals surface area contributed by atoms with Crippen LogP contribution in [0.25, 0.3) is 0 Å². The fraction of sp³-hybridized carbons (Fsp3) is 0.111. The number of hydrogen-bond donors (Lipinski definition) is 1. The van der Waals surface area contributed by atoms with E-state index in [1.165, 1.54) is 12.3 Å². The lowest BCUT2D eigenvalue weighted by Gasteiger charge is -2.01. The van der Waals surface area contributed by atoms with Gasteiger partial charge in [-0.25, -0.2) is 13.1 Å². The van der Waals surface area contributed by atoms with Gasteiger partial charge in [0.25, 0.3) is 10.0 Å². The fourth-order valence-corrected chi connectivity index (χ4v) is 4.55. The maximum absolute atomic E-state index is 11.9. The average Bonchev–Trinajstić information content (AvgIpc) is 2.87. The van der Waals surface area contributed by atoms with Gasteiger partial charge in [0.05, 0.1) is 21.6 Å². The van der Waals surface area contributed by atoms with Gasteiger partial charge in [-0.15, -0.1) is 11.3 Å². The van der Waals surface area contributed by atoms with E-state index in [9.17, 15) is 8.42 Å². The normalized spacial score (nSPS) is 11.9. The molecule has 0 aliphatic heterocycles. The Kier molecular flexibility index (Phi) is 3.94. The van der Waals surface area contributed by atoms with Crippen molar-refractivity contribution in [2.45, 2.75) is 10.8 Å². The molecule has 0 aromatic carbocycles. The van der Waals surface area contributed by atoms with Crippen LogP contribution < -0.4 is 4.72 Å². The summed E-state index contributed by atoms with van der Waals surface area (Å²) in [5.74, 6) is 0.551. The summed E-state index contributed by atoms with van der Waals surface area (Å²) < 4.78 is 32.0. The maximum atomic E-state index is 11.9. The summed E-state index contributed by atoms with van der Waals surface area (Å²) in [6, 6.07) is 4.79. The zero-order valence-corrected chi connectivity index (χ0v) is 12.3. The minimum atomic E-state index is -3.54. The summed E-state index contributed by atoms with van der Waals surface area (Å²) in [5.41, 5.74) is 0. The van der Waals surface area contributed by atoms with E-state index in [2.05, 4.69) is 20.7 Å². The molecule has 17 heavy (non-hydrogen) atoms. The molecule has 2 rings (SSSR count). The minimum absolute atomic E-state index is 0.114. The van der Waals surface area contributed by atoms with Crippen molar-refractivity contribution in [3.63, 3.8) is 0 Å². The van der Waals surface area contributed by atoms with E-state index in [0.717, 1.165) is 11.3 Å². The summed E-state index contributed by atoms with van der Waals surface area (Å²) in [4.78, 5) is 0. The third kappa shape index (κ3) is 3.11. The van der Waals surface area contributed by atoms with Crippen LogP contribution in [-0.4, -0.2) is 8.42 Å². The van der Waals surface area contributed by atoms with E-state index < -0.39 is 10.0 Å². The van der Waals surface area contributed by atoms with E-state index in [0.29, 0.717) is 14.6 Å². The van der Waals surface area contributed by atoms with Crippen LogP contribution in [0.15, 0.2) is 36.9 Å². The second-order valence-electron chi connectivity index (χ2n) is 3.09. The van der Waals surface area contributed by atoms with Gasteiger partial charge in [-0.05, 0) is 34.1 Å². The molecule has 4 nitrogen and oxygen atoms in total. The first-order valence-electron chi connectivity index (χ1n) is 4.46. The molecule has 92 valence electrons. The molecule has 0 saturated carbocycles. The van der Waals surface area contributed by atoms with Crippen LogP contribution in [0.1, 0.15) is 5.76 Å². The van der Waals surface area contributed by atoms with Crippen molar-refractivity contribution < 1.29 is 12.8 Å². The first kappa shape index (κ1) is 13.1. The molecule has 0 aliphatic carbocycles. The Morgan fingerprint density at radius 3 is 2.82 bits per heavy atom. The number of thiophene rings is 1. The molecule has 0 saturated heterocycles. The Morgan fingerprint density at radius 1 is 1.53 bits per heavy atom. The molecule has 0 bridgehead atoms. The van der Waals surface area contributed by atoms with Crippen molar-refractivity contribution in [3.8, 4) is 0 Å². The maximum Gasteiger partial charge on any atom is 0.250 e. The van der Waals surface area contributed by atoms with Crippen LogP contribution in [0.3, 0.4) is 0 Å². The van der Waals surface area contributed by atoms with Crippen LogP contribution in [0.5, 0.6) is 0 Å². The SMILES string of the molecule is O=S(=O)(NCc1ccco1)c1cc(Cl)c(Br)s1. The van der Waals surface area contributed by atoms with Crippen LogP contribution in [0, 0.1) is 0 Å². The molecule has 0 fully saturated rings. The minimum Gasteiger partial charge on any atom is -0.468 e. The molecule has 0 radical (unpaired) electrons. The van der Waals surface area contributed by atoms with Crippen molar-refractivity contribution in [1.29, 1.82) is 0 Å². The Bertz CT molecular complexity index is 587. The third-order valence-corrected chi connectivity index (χ3v) is 6.25. The van der Waals surface area contributed by atoms with Gasteiger partial charge in [0.15, 0.2) is 0 Å². The summed E-state index contributed by atoms with van der Waals surface area (Å²) in [6.45, 7) is 0.114. The highest BCUT2D eigenvalue weighted by Crippen LogP contribution is 2.34. The highest BCUT2D eigenvalue weighted by molar-refractivity contribution is 9.11. The summed E-state index contributed by atoms with van der Waals surface area (Å²) in [7, 11) is -3.54. The molecular formula is C9H7BrClNO3S2. The zero-order valence-electron chi connectivity index (χ0n) is 8.31. The van der Waals surface area contributed by atoms with E-state index in [1.807, 2.05) is 0 Å². The molecule has 0 unspecified atom stereocenters. The van der Waals surface area contributed by atoms with E-state index >= 15 is 0 Å².